The number of carbonyl (C=O) groups excluding carboxylic acids is 1. The zero-order valence-electron chi connectivity index (χ0n) is 5.86. The van der Waals surface area contributed by atoms with Crippen molar-refractivity contribution in [3.63, 3.8) is 0 Å². The van der Waals surface area contributed by atoms with Crippen molar-refractivity contribution in [2.45, 2.75) is 6.92 Å². The van der Waals surface area contributed by atoms with Gasteiger partial charge in [-0.05, 0) is 12.8 Å². The summed E-state index contributed by atoms with van der Waals surface area (Å²) in [6.07, 6.45) is 0. The summed E-state index contributed by atoms with van der Waals surface area (Å²) in [5.74, 6) is 4.54. The van der Waals surface area contributed by atoms with Crippen LogP contribution in [0.3, 0.4) is 0 Å². The average Bonchev–Trinajstić information content (AvgIpc) is 1.63. The first-order valence-corrected chi connectivity index (χ1v) is 2.57. The topological polar surface area (TPSA) is 32.3 Å². The Kier molecular flexibility index (Phi) is 3.49. The van der Waals surface area contributed by atoms with Crippen molar-refractivity contribution >= 4 is 5.91 Å². The first kappa shape index (κ1) is 7.99. The number of nitrogens with zero attached hydrogens (tertiary/aromatic N) is 1. The molecule has 9 heavy (non-hydrogen) atoms. The molecule has 0 saturated heterocycles. The third kappa shape index (κ3) is 4.85. The maximum Gasteiger partial charge on any atom is 0.310 e. The highest BCUT2D eigenvalue weighted by atomic mass is 16.2. The number of hydrazine groups is 1. The van der Waals surface area contributed by atoms with Crippen LogP contribution in [0.15, 0.2) is 0 Å². The lowest BCUT2D eigenvalue weighted by Gasteiger charge is -2.06. The van der Waals surface area contributed by atoms with Crippen LogP contribution in [0.1, 0.15) is 6.92 Å². The molecule has 1 N–H and O–H groups in total. The molecular weight excluding hydrogens is 116 g/mol. The fraction of sp³-hybridized carbons (Fsp3) is 0.500. The summed E-state index contributed by atoms with van der Waals surface area (Å²) in [7, 11) is 3.46. The molecule has 0 aromatic heterocycles. The van der Waals surface area contributed by atoms with Crippen LogP contribution >= 0.6 is 0 Å². The predicted octanol–water partition coefficient (Wildman–Crippen LogP) is -0.398. The molecule has 0 aromatic rings. The van der Waals surface area contributed by atoms with E-state index in [1.54, 1.807) is 26.0 Å². The van der Waals surface area contributed by atoms with Crippen LogP contribution in [-0.4, -0.2) is 25.0 Å². The van der Waals surface area contributed by atoms with Crippen molar-refractivity contribution in [1.82, 2.24) is 10.4 Å². The molecule has 0 aromatic carbocycles. The summed E-state index contributed by atoms with van der Waals surface area (Å²) in [6.45, 7) is 1.62. The molecule has 0 aliphatic rings. The first-order chi connectivity index (χ1) is 4.16. The number of nitrogens with one attached hydrogen (secondary N) is 1. The number of amides is 1. The second-order valence-electron chi connectivity index (χ2n) is 1.71. The van der Waals surface area contributed by atoms with Gasteiger partial charge in [-0.15, -0.1) is 0 Å². The van der Waals surface area contributed by atoms with Gasteiger partial charge in [0.1, 0.15) is 0 Å². The van der Waals surface area contributed by atoms with Crippen LogP contribution in [0, 0.1) is 11.8 Å². The Labute approximate surface area is 55.0 Å². The first-order valence-electron chi connectivity index (χ1n) is 2.57. The molecule has 0 radical (unpaired) electrons. The monoisotopic (exact) mass is 126 g/mol. The normalized spacial score (nSPS) is 8.00. The van der Waals surface area contributed by atoms with Crippen molar-refractivity contribution in [3.05, 3.63) is 0 Å². The van der Waals surface area contributed by atoms with Gasteiger partial charge in [0.25, 0.3) is 0 Å². The Morgan fingerprint density at radius 3 is 2.44 bits per heavy atom. The summed E-state index contributed by atoms with van der Waals surface area (Å²) in [5.41, 5.74) is 2.46. The van der Waals surface area contributed by atoms with Gasteiger partial charge in [0, 0.05) is 14.1 Å². The Balaban J connectivity index is 3.60. The van der Waals surface area contributed by atoms with Gasteiger partial charge < -0.3 is 0 Å². The van der Waals surface area contributed by atoms with Gasteiger partial charge in [0.05, 0.1) is 0 Å². The molecule has 0 heterocycles. The van der Waals surface area contributed by atoms with E-state index < -0.39 is 0 Å². The minimum atomic E-state index is -0.275. The molecule has 50 valence electrons. The van der Waals surface area contributed by atoms with Crippen LogP contribution in [0.25, 0.3) is 0 Å². The molecule has 3 nitrogen and oxygen atoms in total. The zero-order chi connectivity index (χ0) is 7.28. The van der Waals surface area contributed by atoms with Crippen molar-refractivity contribution in [3.8, 4) is 11.8 Å². The largest absolute Gasteiger partial charge is 0.310 e. The molecule has 0 saturated carbocycles. The van der Waals surface area contributed by atoms with E-state index in [0.29, 0.717) is 0 Å². The fourth-order valence-corrected chi connectivity index (χ4v) is 0.345. The molecule has 0 atom stereocenters. The van der Waals surface area contributed by atoms with Crippen molar-refractivity contribution in [2.24, 2.45) is 0 Å². The van der Waals surface area contributed by atoms with E-state index in [1.807, 2.05) is 0 Å². The van der Waals surface area contributed by atoms with Crippen LogP contribution < -0.4 is 5.43 Å². The molecule has 0 spiro atoms. The second kappa shape index (κ2) is 3.93. The Bertz CT molecular complexity index is 152. The van der Waals surface area contributed by atoms with E-state index in [2.05, 4.69) is 17.3 Å². The van der Waals surface area contributed by atoms with Crippen LogP contribution in [0.4, 0.5) is 0 Å². The molecule has 0 unspecified atom stereocenters. The lowest BCUT2D eigenvalue weighted by Crippen LogP contribution is -2.35. The van der Waals surface area contributed by atoms with E-state index in [0.717, 1.165) is 0 Å². The zero-order valence-corrected chi connectivity index (χ0v) is 5.86. The van der Waals surface area contributed by atoms with Gasteiger partial charge in [0.15, 0.2) is 0 Å². The highest BCUT2D eigenvalue weighted by Crippen LogP contribution is 1.64. The number of hydrogen-bond donors (Lipinski definition) is 1. The van der Waals surface area contributed by atoms with E-state index in [9.17, 15) is 4.79 Å². The van der Waals surface area contributed by atoms with E-state index >= 15 is 0 Å². The highest BCUT2D eigenvalue weighted by molar-refractivity contribution is 5.92. The van der Waals surface area contributed by atoms with E-state index in [-0.39, 0.29) is 5.91 Å². The summed E-state index contributed by atoms with van der Waals surface area (Å²) < 4.78 is 0. The minimum Gasteiger partial charge on any atom is -0.278 e. The molecule has 1 amide bonds. The van der Waals surface area contributed by atoms with Crippen molar-refractivity contribution in [2.75, 3.05) is 14.1 Å². The Morgan fingerprint density at radius 1 is 1.56 bits per heavy atom. The predicted molar refractivity (Wildman–Crippen MR) is 35.3 cm³/mol. The van der Waals surface area contributed by atoms with E-state index in [1.165, 1.54) is 0 Å². The summed E-state index contributed by atoms with van der Waals surface area (Å²) in [5, 5.41) is 1.55. The van der Waals surface area contributed by atoms with Gasteiger partial charge in [-0.3, -0.25) is 10.2 Å². The van der Waals surface area contributed by atoms with Gasteiger partial charge in [-0.2, -0.15) is 0 Å². The van der Waals surface area contributed by atoms with Crippen LogP contribution in [0.2, 0.25) is 0 Å². The lowest BCUT2D eigenvalue weighted by atomic mass is 10.6. The Morgan fingerprint density at radius 2 is 2.11 bits per heavy atom. The smallest absolute Gasteiger partial charge is 0.278 e. The van der Waals surface area contributed by atoms with Crippen LogP contribution in [0.5, 0.6) is 0 Å². The highest BCUT2D eigenvalue weighted by Gasteiger charge is 1.92. The van der Waals surface area contributed by atoms with Crippen molar-refractivity contribution < 1.29 is 4.79 Å². The average molecular weight is 126 g/mol. The molecule has 0 aliphatic heterocycles. The molecule has 0 aliphatic carbocycles. The second-order valence-corrected chi connectivity index (χ2v) is 1.71. The standard InChI is InChI=1S/C6H10N2O/c1-4-5-6(9)7-8(2)3/h1-3H3,(H,7,9). The summed E-state index contributed by atoms with van der Waals surface area (Å²) in [4.78, 5) is 10.5. The molecule has 3 heteroatoms. The van der Waals surface area contributed by atoms with Gasteiger partial charge in [-0.25, -0.2) is 5.01 Å². The number of carbonyl (C=O) groups is 1. The number of rotatable bonds is 1. The molecule has 0 bridgehead atoms. The minimum absolute atomic E-state index is 0.275. The third-order valence-electron chi connectivity index (χ3n) is 0.564. The van der Waals surface area contributed by atoms with Gasteiger partial charge >= 0.3 is 5.91 Å². The van der Waals surface area contributed by atoms with E-state index in [4.69, 9.17) is 0 Å². The maximum absolute atomic E-state index is 10.5. The van der Waals surface area contributed by atoms with Gasteiger partial charge in [-0.1, -0.05) is 5.92 Å². The van der Waals surface area contributed by atoms with Crippen LogP contribution in [-0.2, 0) is 4.79 Å². The molecule has 0 fully saturated rings. The summed E-state index contributed by atoms with van der Waals surface area (Å²) >= 11 is 0. The molecular formula is C6H10N2O. The maximum atomic E-state index is 10.5. The van der Waals surface area contributed by atoms with Crippen molar-refractivity contribution in [1.29, 1.82) is 0 Å². The third-order valence-corrected chi connectivity index (χ3v) is 0.564. The summed E-state index contributed by atoms with van der Waals surface area (Å²) in [6, 6.07) is 0. The van der Waals surface area contributed by atoms with Gasteiger partial charge in [0.2, 0.25) is 0 Å². The lowest BCUT2D eigenvalue weighted by molar-refractivity contribution is -0.119. The number of hydrogen-bond acceptors (Lipinski definition) is 2. The Hall–Kier alpha value is -1.01. The fourth-order valence-electron chi connectivity index (χ4n) is 0.345. The SMILES string of the molecule is CC#CC(=O)NN(C)C. The quantitative estimate of drug-likeness (QED) is 0.383. The molecule has 0 rings (SSSR count).